The minimum absolute atomic E-state index is 0.0499. The zero-order chi connectivity index (χ0) is 13.0. The van der Waals surface area contributed by atoms with Gasteiger partial charge in [0.05, 0.1) is 18.4 Å². The lowest BCUT2D eigenvalue weighted by Crippen LogP contribution is -2.31. The van der Waals surface area contributed by atoms with Gasteiger partial charge in [-0.3, -0.25) is 4.79 Å². The van der Waals surface area contributed by atoms with Gasteiger partial charge >= 0.3 is 0 Å². The van der Waals surface area contributed by atoms with Crippen LogP contribution >= 0.6 is 0 Å². The average molecular weight is 249 g/mol. The Bertz CT molecular complexity index is 417. The van der Waals surface area contributed by atoms with Gasteiger partial charge in [0.25, 0.3) is 0 Å². The molecule has 2 rings (SSSR count). The van der Waals surface area contributed by atoms with Crippen molar-refractivity contribution in [3.63, 3.8) is 0 Å². The lowest BCUT2D eigenvalue weighted by molar-refractivity contribution is -0.119. The summed E-state index contributed by atoms with van der Waals surface area (Å²) in [4.78, 5) is 13.9. The molecule has 0 bridgehead atoms. The minimum Gasteiger partial charge on any atom is -0.491 e. The smallest absolute Gasteiger partial charge is 0.227 e. The number of amides is 1. The molecule has 1 aliphatic rings. The normalized spacial score (nSPS) is 16.4. The molecule has 0 aliphatic carbocycles. The highest BCUT2D eigenvalue weighted by molar-refractivity contribution is 5.94. The fraction of sp³-hybridized carbons (Fsp3) is 0.500. The second-order valence-corrected chi connectivity index (χ2v) is 4.60. The van der Waals surface area contributed by atoms with Crippen LogP contribution in [0.25, 0.3) is 0 Å². The summed E-state index contributed by atoms with van der Waals surface area (Å²) < 4.78 is 5.61. The summed E-state index contributed by atoms with van der Waals surface area (Å²) in [5.41, 5.74) is 0.839. The lowest BCUT2D eigenvalue weighted by Gasteiger charge is -2.22. The molecule has 1 unspecified atom stereocenters. The molecule has 1 atom stereocenters. The number of anilines is 1. The maximum absolute atomic E-state index is 12.2. The van der Waals surface area contributed by atoms with Crippen molar-refractivity contribution in [2.24, 2.45) is 0 Å². The summed E-state index contributed by atoms with van der Waals surface area (Å²) in [5.74, 6) is 0.814. The molecule has 0 fully saturated rings. The Balaban J connectivity index is 2.14. The van der Waals surface area contributed by atoms with Crippen molar-refractivity contribution in [3.8, 4) is 5.75 Å². The zero-order valence-corrected chi connectivity index (χ0v) is 10.6. The summed E-state index contributed by atoms with van der Waals surface area (Å²) in [6.07, 6.45) is 1.26. The minimum atomic E-state index is -0.438. The summed E-state index contributed by atoms with van der Waals surface area (Å²) in [6, 6.07) is 7.60. The van der Waals surface area contributed by atoms with Crippen molar-refractivity contribution in [2.45, 2.75) is 32.3 Å². The Labute approximate surface area is 107 Å². The molecule has 1 aliphatic heterocycles. The van der Waals surface area contributed by atoms with Crippen molar-refractivity contribution in [3.05, 3.63) is 24.3 Å². The van der Waals surface area contributed by atoms with E-state index in [0.29, 0.717) is 26.0 Å². The van der Waals surface area contributed by atoms with E-state index in [-0.39, 0.29) is 5.91 Å². The zero-order valence-electron chi connectivity index (χ0n) is 10.6. The number of aliphatic hydroxyl groups is 1. The van der Waals surface area contributed by atoms with E-state index in [1.165, 1.54) is 0 Å². The van der Waals surface area contributed by atoms with Gasteiger partial charge in [-0.25, -0.2) is 0 Å². The van der Waals surface area contributed by atoms with Gasteiger partial charge in [-0.15, -0.1) is 0 Å². The number of hydrogen-bond acceptors (Lipinski definition) is 3. The first-order valence-electron chi connectivity index (χ1n) is 6.39. The summed E-state index contributed by atoms with van der Waals surface area (Å²) in [5, 5.41) is 9.26. The Morgan fingerprint density at radius 3 is 3.06 bits per heavy atom. The number of rotatable bonds is 3. The van der Waals surface area contributed by atoms with E-state index in [4.69, 9.17) is 4.74 Å². The van der Waals surface area contributed by atoms with Crippen molar-refractivity contribution in [1.82, 2.24) is 0 Å². The molecule has 1 N–H and O–H groups in total. The third-order valence-corrected chi connectivity index (χ3v) is 3.02. The third-order valence-electron chi connectivity index (χ3n) is 3.02. The molecule has 0 spiro atoms. The number of nitrogens with zero attached hydrogens (tertiary/aromatic N) is 1. The molecular formula is C14H19NO3. The van der Waals surface area contributed by atoms with Crippen LogP contribution in [0, 0.1) is 0 Å². The summed E-state index contributed by atoms with van der Waals surface area (Å²) in [7, 11) is 0. The number of hydrogen-bond donors (Lipinski definition) is 1. The maximum atomic E-state index is 12.2. The predicted molar refractivity (Wildman–Crippen MR) is 69.8 cm³/mol. The number of ether oxygens (including phenoxy) is 1. The van der Waals surface area contributed by atoms with Gasteiger partial charge in [0, 0.05) is 13.0 Å². The molecule has 1 heterocycles. The SMILES string of the molecule is CC(O)CCC(=O)N1CCCOc2ccccc21. The van der Waals surface area contributed by atoms with Gasteiger partial charge in [0.2, 0.25) is 5.91 Å². The van der Waals surface area contributed by atoms with Crippen molar-refractivity contribution < 1.29 is 14.6 Å². The molecule has 18 heavy (non-hydrogen) atoms. The number of benzene rings is 1. The largest absolute Gasteiger partial charge is 0.491 e. The van der Waals surface area contributed by atoms with Crippen LogP contribution in [-0.4, -0.2) is 30.3 Å². The van der Waals surface area contributed by atoms with Crippen LogP contribution in [0.5, 0.6) is 5.75 Å². The van der Waals surface area contributed by atoms with Crippen LogP contribution in [0.2, 0.25) is 0 Å². The summed E-state index contributed by atoms with van der Waals surface area (Å²) in [6.45, 7) is 3.01. The van der Waals surface area contributed by atoms with Crippen molar-refractivity contribution in [1.29, 1.82) is 0 Å². The Hall–Kier alpha value is -1.55. The molecule has 4 heteroatoms. The molecule has 1 aromatic carbocycles. The van der Waals surface area contributed by atoms with E-state index in [9.17, 15) is 9.90 Å². The third kappa shape index (κ3) is 3.01. The van der Waals surface area contributed by atoms with Gasteiger partial charge < -0.3 is 14.7 Å². The van der Waals surface area contributed by atoms with Gasteiger partial charge in [-0.1, -0.05) is 12.1 Å². The van der Waals surface area contributed by atoms with Crippen LogP contribution < -0.4 is 9.64 Å². The highest BCUT2D eigenvalue weighted by atomic mass is 16.5. The molecule has 1 aromatic rings. The van der Waals surface area contributed by atoms with E-state index in [1.54, 1.807) is 11.8 Å². The van der Waals surface area contributed by atoms with E-state index in [1.807, 2.05) is 24.3 Å². The van der Waals surface area contributed by atoms with E-state index in [2.05, 4.69) is 0 Å². The molecule has 0 saturated heterocycles. The van der Waals surface area contributed by atoms with Crippen LogP contribution in [0.15, 0.2) is 24.3 Å². The molecule has 0 radical (unpaired) electrons. The number of fused-ring (bicyclic) bond motifs is 1. The average Bonchev–Trinajstić information content (AvgIpc) is 2.58. The van der Waals surface area contributed by atoms with Crippen LogP contribution in [0.3, 0.4) is 0 Å². The van der Waals surface area contributed by atoms with E-state index >= 15 is 0 Å². The summed E-state index contributed by atoms with van der Waals surface area (Å²) >= 11 is 0. The van der Waals surface area contributed by atoms with Gasteiger partial charge in [0.15, 0.2) is 0 Å². The lowest BCUT2D eigenvalue weighted by atomic mass is 10.2. The predicted octanol–water partition coefficient (Wildman–Crippen LogP) is 1.96. The Morgan fingerprint density at radius 1 is 1.50 bits per heavy atom. The number of para-hydroxylation sites is 2. The Kier molecular flexibility index (Phi) is 4.20. The monoisotopic (exact) mass is 249 g/mol. The van der Waals surface area contributed by atoms with Gasteiger partial charge in [0.1, 0.15) is 5.75 Å². The van der Waals surface area contributed by atoms with Crippen LogP contribution in [0.1, 0.15) is 26.2 Å². The van der Waals surface area contributed by atoms with Crippen molar-refractivity contribution >= 4 is 11.6 Å². The fourth-order valence-corrected chi connectivity index (χ4v) is 2.05. The highest BCUT2D eigenvalue weighted by Gasteiger charge is 2.21. The maximum Gasteiger partial charge on any atom is 0.227 e. The molecule has 0 saturated carbocycles. The second kappa shape index (κ2) is 5.87. The molecule has 4 nitrogen and oxygen atoms in total. The number of carbonyl (C=O) groups excluding carboxylic acids is 1. The Morgan fingerprint density at radius 2 is 2.28 bits per heavy atom. The van der Waals surface area contributed by atoms with Crippen LogP contribution in [-0.2, 0) is 4.79 Å². The topological polar surface area (TPSA) is 49.8 Å². The number of aliphatic hydroxyl groups excluding tert-OH is 1. The number of carbonyl (C=O) groups is 1. The molecule has 0 aromatic heterocycles. The highest BCUT2D eigenvalue weighted by Crippen LogP contribution is 2.30. The van der Waals surface area contributed by atoms with Crippen LogP contribution in [0.4, 0.5) is 5.69 Å². The molecular weight excluding hydrogens is 230 g/mol. The second-order valence-electron chi connectivity index (χ2n) is 4.60. The van der Waals surface area contributed by atoms with Crippen molar-refractivity contribution in [2.75, 3.05) is 18.1 Å². The van der Waals surface area contributed by atoms with E-state index in [0.717, 1.165) is 17.9 Å². The first-order valence-corrected chi connectivity index (χ1v) is 6.39. The molecule has 1 amide bonds. The van der Waals surface area contributed by atoms with Gasteiger partial charge in [-0.05, 0) is 31.9 Å². The first-order chi connectivity index (χ1) is 8.68. The molecule has 98 valence electrons. The quantitative estimate of drug-likeness (QED) is 0.891. The standard InChI is InChI=1S/C14H19NO3/c1-11(16)7-8-14(17)15-9-4-10-18-13-6-3-2-5-12(13)15/h2-3,5-6,11,16H,4,7-10H2,1H3. The van der Waals surface area contributed by atoms with E-state index < -0.39 is 6.10 Å². The fourth-order valence-electron chi connectivity index (χ4n) is 2.05. The first kappa shape index (κ1) is 12.9. The van der Waals surface area contributed by atoms with Gasteiger partial charge in [-0.2, -0.15) is 0 Å².